The minimum Gasteiger partial charge on any atom is -0.486 e. The third-order valence-corrected chi connectivity index (χ3v) is 4.18. The number of halogens is 3. The molecule has 1 aromatic rings. The Morgan fingerprint density at radius 1 is 1.10 bits per heavy atom. The van der Waals surface area contributed by atoms with E-state index in [1.165, 1.54) is 6.07 Å². The third kappa shape index (κ3) is 2.30. The van der Waals surface area contributed by atoms with E-state index in [1.807, 2.05) is 0 Å². The number of fused-ring (bicyclic) bond motifs is 1. The Labute approximate surface area is 114 Å². The van der Waals surface area contributed by atoms with Gasteiger partial charge in [-0.3, -0.25) is 4.79 Å². The van der Waals surface area contributed by atoms with Crippen molar-refractivity contribution in [2.45, 2.75) is 50.3 Å². The molecule has 2 nitrogen and oxygen atoms in total. The van der Waals surface area contributed by atoms with E-state index in [0.717, 1.165) is 44.2 Å². The maximum absolute atomic E-state index is 12.7. The monoisotopic (exact) mass is 284 g/mol. The smallest absolute Gasteiger partial charge is 0.416 e. The minimum atomic E-state index is -4.42. The summed E-state index contributed by atoms with van der Waals surface area (Å²) in [7, 11) is 0. The van der Waals surface area contributed by atoms with Gasteiger partial charge in [-0.15, -0.1) is 0 Å². The van der Waals surface area contributed by atoms with Crippen molar-refractivity contribution < 1.29 is 22.7 Å². The van der Waals surface area contributed by atoms with E-state index in [-0.39, 0.29) is 23.5 Å². The molecule has 1 aromatic carbocycles. The number of hydrogen-bond acceptors (Lipinski definition) is 2. The molecule has 1 saturated carbocycles. The van der Waals surface area contributed by atoms with Crippen molar-refractivity contribution in [2.75, 3.05) is 0 Å². The number of hydrogen-bond donors (Lipinski definition) is 0. The first-order valence-corrected chi connectivity index (χ1v) is 6.83. The summed E-state index contributed by atoms with van der Waals surface area (Å²) in [4.78, 5) is 12.2. The molecule has 0 radical (unpaired) electrons. The van der Waals surface area contributed by atoms with Crippen LogP contribution in [0.2, 0.25) is 0 Å². The fourth-order valence-electron chi connectivity index (χ4n) is 3.15. The van der Waals surface area contributed by atoms with Gasteiger partial charge in [-0.1, -0.05) is 6.42 Å². The molecule has 1 heterocycles. The summed E-state index contributed by atoms with van der Waals surface area (Å²) < 4.78 is 44.1. The van der Waals surface area contributed by atoms with E-state index in [9.17, 15) is 18.0 Å². The van der Waals surface area contributed by atoms with E-state index in [0.29, 0.717) is 0 Å². The van der Waals surface area contributed by atoms with Crippen LogP contribution in [0, 0.1) is 0 Å². The zero-order chi connectivity index (χ0) is 14.4. The first-order chi connectivity index (χ1) is 9.40. The van der Waals surface area contributed by atoms with Crippen LogP contribution in [0.25, 0.3) is 0 Å². The predicted molar refractivity (Wildman–Crippen MR) is 66.8 cm³/mol. The van der Waals surface area contributed by atoms with Crippen LogP contribution in [-0.4, -0.2) is 11.4 Å². The van der Waals surface area contributed by atoms with Gasteiger partial charge in [0.15, 0.2) is 5.78 Å². The first kappa shape index (κ1) is 13.5. The molecule has 5 heteroatoms. The van der Waals surface area contributed by atoms with E-state index < -0.39 is 17.3 Å². The first-order valence-electron chi connectivity index (χ1n) is 6.83. The number of rotatable bonds is 0. The number of Topliss-reactive ketones (excluding diaryl/α,β-unsaturated/α-hetero) is 1. The second-order valence-electron chi connectivity index (χ2n) is 5.65. The zero-order valence-corrected chi connectivity index (χ0v) is 10.9. The Bertz CT molecular complexity index is 543. The van der Waals surface area contributed by atoms with Crippen LogP contribution in [0.5, 0.6) is 5.75 Å². The quantitative estimate of drug-likeness (QED) is 0.707. The van der Waals surface area contributed by atoms with Crippen molar-refractivity contribution >= 4 is 5.78 Å². The minimum absolute atomic E-state index is 0.0953. The molecule has 0 N–H and O–H groups in total. The van der Waals surface area contributed by atoms with Crippen molar-refractivity contribution in [3.63, 3.8) is 0 Å². The molecule has 3 rings (SSSR count). The largest absolute Gasteiger partial charge is 0.486 e. The lowest BCUT2D eigenvalue weighted by molar-refractivity contribution is -0.137. The third-order valence-electron chi connectivity index (χ3n) is 4.18. The topological polar surface area (TPSA) is 26.3 Å². The van der Waals surface area contributed by atoms with Gasteiger partial charge in [-0.05, 0) is 43.9 Å². The average Bonchev–Trinajstić information content (AvgIpc) is 2.37. The molecular formula is C15H15F3O2. The van der Waals surface area contributed by atoms with Gasteiger partial charge in [-0.2, -0.15) is 13.2 Å². The molecule has 0 aromatic heterocycles. The normalized spacial score (nSPS) is 21.4. The Kier molecular flexibility index (Phi) is 3.03. The maximum Gasteiger partial charge on any atom is 0.416 e. The second-order valence-corrected chi connectivity index (χ2v) is 5.65. The Balaban J connectivity index is 1.98. The van der Waals surface area contributed by atoms with Gasteiger partial charge in [0.25, 0.3) is 0 Å². The molecule has 0 amide bonds. The summed E-state index contributed by atoms with van der Waals surface area (Å²) in [5, 5.41) is 0. The van der Waals surface area contributed by atoms with Crippen LogP contribution in [0.3, 0.4) is 0 Å². The molecule has 0 saturated heterocycles. The summed E-state index contributed by atoms with van der Waals surface area (Å²) in [5.74, 6) is -0.0140. The van der Waals surface area contributed by atoms with Crippen LogP contribution >= 0.6 is 0 Å². The summed E-state index contributed by atoms with van der Waals surface area (Å²) >= 11 is 0. The van der Waals surface area contributed by atoms with Gasteiger partial charge >= 0.3 is 6.18 Å². The number of ether oxygens (including phenoxy) is 1. The zero-order valence-electron chi connectivity index (χ0n) is 10.9. The molecule has 2 aliphatic rings. The van der Waals surface area contributed by atoms with E-state index in [1.54, 1.807) is 0 Å². The summed E-state index contributed by atoms with van der Waals surface area (Å²) in [5.41, 5.74) is -1.07. The van der Waals surface area contributed by atoms with E-state index >= 15 is 0 Å². The van der Waals surface area contributed by atoms with Crippen molar-refractivity contribution in [1.29, 1.82) is 0 Å². The maximum atomic E-state index is 12.7. The number of ketones is 1. The van der Waals surface area contributed by atoms with Gasteiger partial charge in [-0.25, -0.2) is 0 Å². The SMILES string of the molecule is O=C1CC2(CCCCC2)Oc2cc(C(F)(F)F)ccc21. The Morgan fingerprint density at radius 3 is 2.45 bits per heavy atom. The number of benzene rings is 1. The molecule has 0 unspecified atom stereocenters. The van der Waals surface area contributed by atoms with Crippen molar-refractivity contribution in [2.24, 2.45) is 0 Å². The fourth-order valence-corrected chi connectivity index (χ4v) is 3.15. The summed E-state index contributed by atoms with van der Waals surface area (Å²) in [6.45, 7) is 0. The van der Waals surface area contributed by atoms with E-state index in [2.05, 4.69) is 0 Å². The van der Waals surface area contributed by atoms with Gasteiger partial charge in [0.2, 0.25) is 0 Å². The molecule has 1 aliphatic carbocycles. The molecule has 108 valence electrons. The molecule has 1 fully saturated rings. The molecule has 20 heavy (non-hydrogen) atoms. The van der Waals surface area contributed by atoms with Crippen LogP contribution in [-0.2, 0) is 6.18 Å². The van der Waals surface area contributed by atoms with Gasteiger partial charge < -0.3 is 4.74 Å². The Hall–Kier alpha value is -1.52. The average molecular weight is 284 g/mol. The van der Waals surface area contributed by atoms with Crippen molar-refractivity contribution in [1.82, 2.24) is 0 Å². The lowest BCUT2D eigenvalue weighted by atomic mass is 9.78. The van der Waals surface area contributed by atoms with Crippen LogP contribution in [0.4, 0.5) is 13.2 Å². The lowest BCUT2D eigenvalue weighted by Crippen LogP contribution is -2.43. The Morgan fingerprint density at radius 2 is 1.80 bits per heavy atom. The molecule has 1 spiro atoms. The fraction of sp³-hybridized carbons (Fsp3) is 0.533. The predicted octanol–water partition coefficient (Wildman–Crippen LogP) is 4.37. The van der Waals surface area contributed by atoms with Crippen molar-refractivity contribution in [3.8, 4) is 5.75 Å². The molecule has 1 aliphatic heterocycles. The number of carbonyl (C=O) groups is 1. The highest BCUT2D eigenvalue weighted by atomic mass is 19.4. The van der Waals surface area contributed by atoms with Gasteiger partial charge in [0.1, 0.15) is 11.4 Å². The highest BCUT2D eigenvalue weighted by Gasteiger charge is 2.42. The summed E-state index contributed by atoms with van der Waals surface area (Å²) in [6, 6.07) is 3.14. The van der Waals surface area contributed by atoms with Crippen LogP contribution in [0.1, 0.15) is 54.4 Å². The number of alkyl halides is 3. The standard InChI is InChI=1S/C15H15F3O2/c16-15(17,18)10-4-5-11-12(19)9-14(20-13(11)8-10)6-2-1-3-7-14/h4-5,8H,1-3,6-7,9H2. The van der Waals surface area contributed by atoms with E-state index in [4.69, 9.17) is 4.74 Å². The van der Waals surface area contributed by atoms with Crippen LogP contribution < -0.4 is 4.74 Å². The second kappa shape index (κ2) is 4.50. The molecular weight excluding hydrogens is 269 g/mol. The van der Waals surface area contributed by atoms with Gasteiger partial charge in [0, 0.05) is 0 Å². The highest BCUT2D eigenvalue weighted by Crippen LogP contribution is 2.43. The summed E-state index contributed by atoms with van der Waals surface area (Å²) in [6.07, 6.45) is 0.366. The van der Waals surface area contributed by atoms with Crippen molar-refractivity contribution in [3.05, 3.63) is 29.3 Å². The number of carbonyl (C=O) groups excluding carboxylic acids is 1. The molecule has 0 atom stereocenters. The molecule has 0 bridgehead atoms. The highest BCUT2D eigenvalue weighted by molar-refractivity contribution is 6.00. The van der Waals surface area contributed by atoms with Crippen LogP contribution in [0.15, 0.2) is 18.2 Å². The lowest BCUT2D eigenvalue weighted by Gasteiger charge is -2.40. The van der Waals surface area contributed by atoms with Gasteiger partial charge in [0.05, 0.1) is 17.5 Å².